The van der Waals surface area contributed by atoms with Crippen molar-refractivity contribution in [2.24, 2.45) is 0 Å². The molecule has 2 aromatic carbocycles. The van der Waals surface area contributed by atoms with E-state index in [0.717, 1.165) is 49.4 Å². The summed E-state index contributed by atoms with van der Waals surface area (Å²) in [6, 6.07) is 7.69. The van der Waals surface area contributed by atoms with Crippen LogP contribution in [0.25, 0.3) is 0 Å². The number of hydrogen-bond donors (Lipinski definition) is 3. The maximum Gasteiger partial charge on any atom is 0.260 e. The highest BCUT2D eigenvalue weighted by Gasteiger charge is 2.34. The van der Waals surface area contributed by atoms with Crippen LogP contribution in [0.15, 0.2) is 65.3 Å². The molecule has 1 amide bonds. The molecule has 0 aliphatic carbocycles. The molecule has 0 radical (unpaired) electrons. The maximum absolute atomic E-state index is 13.9. The molecule has 0 unspecified atom stereocenters. The van der Waals surface area contributed by atoms with Gasteiger partial charge in [-0.2, -0.15) is 0 Å². The molecule has 0 atom stereocenters. The summed E-state index contributed by atoms with van der Waals surface area (Å²) in [6.07, 6.45) is 12.1. The van der Waals surface area contributed by atoms with Gasteiger partial charge in [-0.05, 0) is 78.4 Å². The third-order valence-electron chi connectivity index (χ3n) is 6.89. The minimum atomic E-state index is -0.297. The SMILES string of the molecule is CC(C)=CCCC(C)=CCCC(C)=CCN1C(=O)c2cccc(O)c2N(CCCCBr)c2c(O)cc(O)cc21. The van der Waals surface area contributed by atoms with Crippen LogP contribution in [0.1, 0.15) is 76.6 Å². The van der Waals surface area contributed by atoms with Gasteiger partial charge in [0.25, 0.3) is 5.91 Å². The van der Waals surface area contributed by atoms with Gasteiger partial charge in [0.15, 0.2) is 0 Å². The first-order valence-electron chi connectivity index (χ1n) is 13.6. The normalized spacial score (nSPS) is 13.7. The van der Waals surface area contributed by atoms with Crippen LogP contribution in [-0.2, 0) is 0 Å². The third-order valence-corrected chi connectivity index (χ3v) is 7.45. The van der Waals surface area contributed by atoms with Crippen molar-refractivity contribution in [3.05, 3.63) is 70.8 Å². The Labute approximate surface area is 241 Å². The average molecular weight is 598 g/mol. The summed E-state index contributed by atoms with van der Waals surface area (Å²) in [5.41, 5.74) is 5.40. The molecule has 1 aliphatic rings. The molecule has 210 valence electrons. The molecule has 6 nitrogen and oxygen atoms in total. The average Bonchev–Trinajstić information content (AvgIpc) is 2.96. The van der Waals surface area contributed by atoms with Gasteiger partial charge in [-0.15, -0.1) is 0 Å². The Kier molecular flexibility index (Phi) is 11.1. The van der Waals surface area contributed by atoms with Gasteiger partial charge in [-0.1, -0.05) is 56.9 Å². The van der Waals surface area contributed by atoms with Crippen molar-refractivity contribution in [3.8, 4) is 17.2 Å². The Morgan fingerprint density at radius 1 is 0.846 bits per heavy atom. The van der Waals surface area contributed by atoms with E-state index in [1.54, 1.807) is 28.0 Å². The molecule has 1 aliphatic heterocycles. The van der Waals surface area contributed by atoms with E-state index in [0.29, 0.717) is 29.2 Å². The Morgan fingerprint density at radius 3 is 2.23 bits per heavy atom. The maximum atomic E-state index is 13.9. The number of rotatable bonds is 12. The van der Waals surface area contributed by atoms with E-state index in [4.69, 9.17) is 0 Å². The van der Waals surface area contributed by atoms with Crippen LogP contribution in [0.2, 0.25) is 0 Å². The van der Waals surface area contributed by atoms with Crippen LogP contribution in [0, 0.1) is 0 Å². The van der Waals surface area contributed by atoms with Crippen molar-refractivity contribution in [1.82, 2.24) is 0 Å². The number of halogens is 1. The van der Waals surface area contributed by atoms with E-state index in [1.165, 1.54) is 23.3 Å². The van der Waals surface area contributed by atoms with E-state index >= 15 is 0 Å². The van der Waals surface area contributed by atoms with Crippen LogP contribution < -0.4 is 9.80 Å². The summed E-state index contributed by atoms with van der Waals surface area (Å²) in [7, 11) is 0. The van der Waals surface area contributed by atoms with E-state index in [2.05, 4.69) is 55.8 Å². The van der Waals surface area contributed by atoms with Gasteiger partial charge >= 0.3 is 0 Å². The van der Waals surface area contributed by atoms with Crippen LogP contribution in [0.4, 0.5) is 17.1 Å². The zero-order chi connectivity index (χ0) is 28.5. The quantitative estimate of drug-likeness (QED) is 0.130. The molecule has 0 saturated carbocycles. The number of aromatic hydroxyl groups is 3. The molecule has 0 fully saturated rings. The molecule has 0 spiro atoms. The van der Waals surface area contributed by atoms with Crippen molar-refractivity contribution < 1.29 is 20.1 Å². The lowest BCUT2D eigenvalue weighted by Crippen LogP contribution is -2.30. The van der Waals surface area contributed by atoms with Crippen molar-refractivity contribution in [3.63, 3.8) is 0 Å². The van der Waals surface area contributed by atoms with E-state index < -0.39 is 0 Å². The highest BCUT2D eigenvalue weighted by molar-refractivity contribution is 9.09. The summed E-state index contributed by atoms with van der Waals surface area (Å²) >= 11 is 3.46. The Morgan fingerprint density at radius 2 is 1.54 bits per heavy atom. The van der Waals surface area contributed by atoms with E-state index in [-0.39, 0.29) is 29.7 Å². The van der Waals surface area contributed by atoms with Crippen molar-refractivity contribution in [1.29, 1.82) is 0 Å². The molecule has 3 rings (SSSR count). The number of anilines is 3. The number of hydrogen-bond acceptors (Lipinski definition) is 5. The topological polar surface area (TPSA) is 84.2 Å². The Bertz CT molecular complexity index is 1260. The molecule has 2 aromatic rings. The molecule has 39 heavy (non-hydrogen) atoms. The van der Waals surface area contributed by atoms with Crippen LogP contribution in [0.5, 0.6) is 17.2 Å². The van der Waals surface area contributed by atoms with E-state index in [9.17, 15) is 20.1 Å². The fourth-order valence-electron chi connectivity index (χ4n) is 4.78. The Balaban J connectivity index is 1.92. The van der Waals surface area contributed by atoms with Gasteiger partial charge < -0.3 is 25.1 Å². The largest absolute Gasteiger partial charge is 0.508 e. The summed E-state index contributed by atoms with van der Waals surface area (Å²) in [5.74, 6) is -0.603. The summed E-state index contributed by atoms with van der Waals surface area (Å²) in [5, 5.41) is 33.0. The summed E-state index contributed by atoms with van der Waals surface area (Å²) in [6.45, 7) is 9.22. The first-order chi connectivity index (χ1) is 18.6. The number of allylic oxidation sites excluding steroid dienone is 5. The first kappa shape index (κ1) is 30.4. The van der Waals surface area contributed by atoms with Gasteiger partial charge in [0, 0.05) is 30.6 Å². The first-order valence-corrected chi connectivity index (χ1v) is 14.7. The van der Waals surface area contributed by atoms with Crippen molar-refractivity contribution in [2.75, 3.05) is 28.2 Å². The number of unbranched alkanes of at least 4 members (excludes halogenated alkanes) is 1. The minimum absolute atomic E-state index is 0.0292. The molecule has 1 heterocycles. The molecular weight excluding hydrogens is 556 g/mol. The van der Waals surface area contributed by atoms with Crippen LogP contribution in [0.3, 0.4) is 0 Å². The highest BCUT2D eigenvalue weighted by atomic mass is 79.9. The second-order valence-corrected chi connectivity index (χ2v) is 11.2. The third kappa shape index (κ3) is 7.91. The molecule has 0 aromatic heterocycles. The van der Waals surface area contributed by atoms with Gasteiger partial charge in [0.2, 0.25) is 0 Å². The van der Waals surface area contributed by atoms with Gasteiger partial charge in [-0.25, -0.2) is 0 Å². The second-order valence-electron chi connectivity index (χ2n) is 10.4. The standard InChI is InChI=1S/C32H41BrN2O4/c1-22(2)10-7-11-23(3)12-8-13-24(4)16-19-34-27-20-25(36)21-29(38)31(27)35(18-6-5-17-33)30-26(32(34)39)14-9-15-28(30)37/h9-10,12,14-16,20-21,36-38H,5-8,11,13,17-19H2,1-4H3. The number of para-hydroxylation sites is 1. The zero-order valence-electron chi connectivity index (χ0n) is 23.5. The van der Waals surface area contributed by atoms with Gasteiger partial charge in [0.05, 0.1) is 16.9 Å². The van der Waals surface area contributed by atoms with Crippen molar-refractivity contribution in [2.45, 2.75) is 66.2 Å². The lowest BCUT2D eigenvalue weighted by atomic mass is 10.1. The van der Waals surface area contributed by atoms with Crippen molar-refractivity contribution >= 4 is 38.9 Å². The number of benzene rings is 2. The lowest BCUT2D eigenvalue weighted by molar-refractivity contribution is 0.0990. The number of fused-ring (bicyclic) bond motifs is 2. The Hall–Kier alpha value is -3.19. The minimum Gasteiger partial charge on any atom is -0.508 e. The number of carbonyl (C=O) groups excluding carboxylic acids is 1. The smallest absolute Gasteiger partial charge is 0.260 e. The molecular formula is C32H41BrN2O4. The molecule has 3 N–H and O–H groups in total. The zero-order valence-corrected chi connectivity index (χ0v) is 25.1. The fraction of sp³-hybridized carbons (Fsp3) is 0.406. The summed E-state index contributed by atoms with van der Waals surface area (Å²) in [4.78, 5) is 17.3. The monoisotopic (exact) mass is 596 g/mol. The van der Waals surface area contributed by atoms with Crippen LogP contribution in [-0.4, -0.2) is 39.6 Å². The number of alkyl halides is 1. The number of phenols is 3. The predicted octanol–water partition coefficient (Wildman–Crippen LogP) is 8.50. The van der Waals surface area contributed by atoms with Crippen LogP contribution >= 0.6 is 15.9 Å². The fourth-order valence-corrected chi connectivity index (χ4v) is 5.18. The molecule has 7 heteroatoms. The highest BCUT2D eigenvalue weighted by Crippen LogP contribution is 2.50. The number of carbonyl (C=O) groups is 1. The predicted molar refractivity (Wildman–Crippen MR) is 165 cm³/mol. The number of phenolic OH excluding ortho intramolecular Hbond substituents is 3. The number of amides is 1. The van der Waals surface area contributed by atoms with E-state index in [1.807, 2.05) is 6.08 Å². The summed E-state index contributed by atoms with van der Waals surface area (Å²) < 4.78 is 0. The molecule has 0 bridgehead atoms. The molecule has 0 saturated heterocycles. The number of nitrogens with zero attached hydrogens (tertiary/aromatic N) is 2. The lowest BCUT2D eigenvalue weighted by Gasteiger charge is -2.28. The van der Waals surface area contributed by atoms with Gasteiger partial charge in [0.1, 0.15) is 22.9 Å². The van der Waals surface area contributed by atoms with Gasteiger partial charge in [-0.3, -0.25) is 4.79 Å². The second kappa shape index (κ2) is 14.3.